The number of fused-ring (bicyclic) bond motifs is 1. The molecule has 2 aliphatic carbocycles. The lowest BCUT2D eigenvalue weighted by Crippen LogP contribution is -2.61. The van der Waals surface area contributed by atoms with E-state index in [-0.39, 0.29) is 17.8 Å². The Labute approximate surface area is 219 Å². The number of cyclic esters (lactones) is 1. The van der Waals surface area contributed by atoms with Crippen LogP contribution in [0.3, 0.4) is 0 Å². The van der Waals surface area contributed by atoms with E-state index in [4.69, 9.17) is 9.15 Å². The number of benzene rings is 2. The molecule has 2 aromatic carbocycles. The Morgan fingerprint density at radius 1 is 0.947 bits per heavy atom. The zero-order valence-electron chi connectivity index (χ0n) is 20.9. The van der Waals surface area contributed by atoms with Crippen molar-refractivity contribution in [2.24, 2.45) is 0 Å². The fourth-order valence-electron chi connectivity index (χ4n) is 5.37. The maximum atomic E-state index is 13.3. The highest BCUT2D eigenvalue weighted by Crippen LogP contribution is 2.37. The van der Waals surface area contributed by atoms with Gasteiger partial charge in [-0.05, 0) is 61.1 Å². The van der Waals surface area contributed by atoms with Crippen LogP contribution in [0.2, 0.25) is 0 Å². The van der Waals surface area contributed by atoms with Crippen molar-refractivity contribution in [2.45, 2.75) is 56.0 Å². The van der Waals surface area contributed by atoms with Gasteiger partial charge in [0, 0.05) is 11.1 Å². The van der Waals surface area contributed by atoms with Crippen LogP contribution in [0.1, 0.15) is 55.5 Å². The highest BCUT2D eigenvalue weighted by atomic mass is 16.6. The van der Waals surface area contributed by atoms with Crippen LogP contribution in [0.4, 0.5) is 10.5 Å². The molecule has 3 aromatic rings. The number of hydrogen-bond acceptors (Lipinski definition) is 6. The molecule has 3 fully saturated rings. The van der Waals surface area contributed by atoms with Gasteiger partial charge in [0.1, 0.15) is 23.3 Å². The number of rotatable bonds is 6. The summed E-state index contributed by atoms with van der Waals surface area (Å²) in [5, 5.41) is 16.0. The maximum absolute atomic E-state index is 13.3. The molecule has 2 saturated carbocycles. The molecule has 0 unspecified atom stereocenters. The van der Waals surface area contributed by atoms with E-state index in [0.717, 1.165) is 41.5 Å². The van der Waals surface area contributed by atoms with E-state index < -0.39 is 17.0 Å². The Balaban J connectivity index is 1.24. The fraction of sp³-hybridized carbons (Fsp3) is 0.379. The summed E-state index contributed by atoms with van der Waals surface area (Å²) in [5.41, 5.74) is 1.22. The molecule has 2 heterocycles. The molecule has 38 heavy (non-hydrogen) atoms. The van der Waals surface area contributed by atoms with Crippen LogP contribution in [0.15, 0.2) is 52.9 Å². The van der Waals surface area contributed by atoms with Gasteiger partial charge in [-0.1, -0.05) is 43.5 Å². The predicted octanol–water partition coefficient (Wildman–Crippen LogP) is 4.66. The molecule has 3 aliphatic rings. The molecule has 2 N–H and O–H groups in total. The largest absolute Gasteiger partial charge is 0.451 e. The smallest absolute Gasteiger partial charge is 0.414 e. The second kappa shape index (κ2) is 9.21. The van der Waals surface area contributed by atoms with E-state index in [1.165, 1.54) is 0 Å². The highest BCUT2D eigenvalue weighted by Gasteiger charge is 2.50. The normalized spacial score (nSPS) is 19.4. The first kappa shape index (κ1) is 24.0. The molecule has 0 spiro atoms. The van der Waals surface area contributed by atoms with Crippen LogP contribution < -0.4 is 15.5 Å². The van der Waals surface area contributed by atoms with Crippen LogP contribution in [0.5, 0.6) is 0 Å². The van der Waals surface area contributed by atoms with Crippen molar-refractivity contribution in [3.05, 3.63) is 54.3 Å². The first-order valence-electron chi connectivity index (χ1n) is 13.1. The third-order valence-corrected chi connectivity index (χ3v) is 7.81. The zero-order chi connectivity index (χ0) is 26.3. The molecule has 1 aromatic heterocycles. The van der Waals surface area contributed by atoms with Crippen LogP contribution >= 0.6 is 0 Å². The van der Waals surface area contributed by atoms with Crippen LogP contribution in [0.25, 0.3) is 22.1 Å². The summed E-state index contributed by atoms with van der Waals surface area (Å²) in [4.78, 5) is 40.2. The van der Waals surface area contributed by atoms with Crippen molar-refractivity contribution in [3.63, 3.8) is 0 Å². The summed E-state index contributed by atoms with van der Waals surface area (Å²) in [7, 11) is 0. The number of nitriles is 1. The predicted molar refractivity (Wildman–Crippen MR) is 139 cm³/mol. The number of carbonyl (C=O) groups is 3. The van der Waals surface area contributed by atoms with Gasteiger partial charge >= 0.3 is 6.09 Å². The van der Waals surface area contributed by atoms with Gasteiger partial charge < -0.3 is 19.8 Å². The number of furan rings is 1. The second-order valence-corrected chi connectivity index (χ2v) is 10.4. The topological polar surface area (TPSA) is 125 Å². The lowest BCUT2D eigenvalue weighted by atomic mass is 9.80. The molecule has 0 bridgehead atoms. The molecule has 194 valence electrons. The number of nitrogens with one attached hydrogen (secondary N) is 2. The van der Waals surface area contributed by atoms with E-state index in [2.05, 4.69) is 16.7 Å². The van der Waals surface area contributed by atoms with Gasteiger partial charge in [-0.2, -0.15) is 5.26 Å². The van der Waals surface area contributed by atoms with Crippen molar-refractivity contribution in [1.82, 2.24) is 10.6 Å². The van der Waals surface area contributed by atoms with Crippen molar-refractivity contribution in [1.29, 1.82) is 5.26 Å². The van der Waals surface area contributed by atoms with Gasteiger partial charge in [0.25, 0.3) is 5.91 Å². The van der Waals surface area contributed by atoms with Gasteiger partial charge in [-0.3, -0.25) is 14.5 Å². The molecule has 1 saturated heterocycles. The van der Waals surface area contributed by atoms with E-state index >= 15 is 0 Å². The minimum absolute atomic E-state index is 0.130. The number of ether oxygens (including phenoxy) is 1. The first-order valence-corrected chi connectivity index (χ1v) is 13.1. The number of anilines is 1. The van der Waals surface area contributed by atoms with Gasteiger partial charge in [-0.15, -0.1) is 0 Å². The molecule has 3 amide bonds. The molecule has 6 rings (SSSR count). The Kier molecular flexibility index (Phi) is 5.83. The minimum Gasteiger partial charge on any atom is -0.451 e. The highest BCUT2D eigenvalue weighted by molar-refractivity contribution is 6.01. The number of carbonyl (C=O) groups excluding carboxylic acids is 3. The molecular weight excluding hydrogens is 484 g/mol. The number of hydrogen-bond donors (Lipinski definition) is 2. The van der Waals surface area contributed by atoms with Crippen molar-refractivity contribution >= 4 is 34.6 Å². The molecular formula is C29H28N4O5. The number of amides is 3. The Morgan fingerprint density at radius 3 is 2.45 bits per heavy atom. The molecule has 1 aliphatic heterocycles. The minimum atomic E-state index is -1.05. The van der Waals surface area contributed by atoms with Gasteiger partial charge in [-0.25, -0.2) is 4.79 Å². The number of nitrogens with zero attached hydrogens (tertiary/aromatic N) is 2. The van der Waals surface area contributed by atoms with E-state index in [9.17, 15) is 19.6 Å². The zero-order valence-corrected chi connectivity index (χ0v) is 20.9. The van der Waals surface area contributed by atoms with Crippen molar-refractivity contribution in [2.75, 3.05) is 18.1 Å². The monoisotopic (exact) mass is 512 g/mol. The van der Waals surface area contributed by atoms with Gasteiger partial charge in [0.05, 0.1) is 12.6 Å². The van der Waals surface area contributed by atoms with Crippen LogP contribution in [-0.2, 0) is 9.53 Å². The van der Waals surface area contributed by atoms with Gasteiger partial charge in [0.2, 0.25) is 5.91 Å². The van der Waals surface area contributed by atoms with Crippen LogP contribution in [-0.4, -0.2) is 42.1 Å². The first-order chi connectivity index (χ1) is 18.4. The van der Waals surface area contributed by atoms with Gasteiger partial charge in [0.15, 0.2) is 5.76 Å². The Hall–Kier alpha value is -4.32. The summed E-state index contributed by atoms with van der Waals surface area (Å²) >= 11 is 0. The molecule has 9 heteroatoms. The summed E-state index contributed by atoms with van der Waals surface area (Å²) in [6, 6.07) is 17.2. The van der Waals surface area contributed by atoms with Crippen molar-refractivity contribution < 1.29 is 23.5 Å². The third-order valence-electron chi connectivity index (χ3n) is 7.81. The summed E-state index contributed by atoms with van der Waals surface area (Å²) in [5.74, 6) is -0.606. The molecule has 9 nitrogen and oxygen atoms in total. The maximum Gasteiger partial charge on any atom is 0.414 e. The summed E-state index contributed by atoms with van der Waals surface area (Å²) in [6.07, 6.45) is 4.61. The SMILES string of the molecule is N#CC1(NC(=O)C2(NC(=O)c3cc4ccc(-c5cccc(N6CCOC6=O)c5)cc4o3)CCCCC2)CC1. The van der Waals surface area contributed by atoms with Crippen molar-refractivity contribution in [3.8, 4) is 17.2 Å². The van der Waals surface area contributed by atoms with E-state index in [1.54, 1.807) is 11.0 Å². The van der Waals surface area contributed by atoms with E-state index in [1.807, 2.05) is 42.5 Å². The Morgan fingerprint density at radius 2 is 1.74 bits per heavy atom. The summed E-state index contributed by atoms with van der Waals surface area (Å²) < 4.78 is 11.0. The molecule has 0 atom stereocenters. The third kappa shape index (κ3) is 4.36. The lowest BCUT2D eigenvalue weighted by Gasteiger charge is -2.37. The Bertz CT molecular complexity index is 1480. The fourth-order valence-corrected chi connectivity index (χ4v) is 5.37. The van der Waals surface area contributed by atoms with E-state index in [0.29, 0.717) is 44.4 Å². The summed E-state index contributed by atoms with van der Waals surface area (Å²) in [6.45, 7) is 0.878. The second-order valence-electron chi connectivity index (χ2n) is 10.4. The van der Waals surface area contributed by atoms with Crippen LogP contribution in [0, 0.1) is 11.3 Å². The quantitative estimate of drug-likeness (QED) is 0.495. The average molecular weight is 513 g/mol. The average Bonchev–Trinajstić information content (AvgIpc) is 3.36. The standard InChI is InChI=1S/C29H28N4O5/c30-18-28(11-12-28)32-26(35)29(9-2-1-3-10-29)31-25(34)24-17-21-8-7-20(16-23(21)38-24)19-5-4-6-22(15-19)33-13-14-37-27(33)36/h4-8,15-17H,1-3,9-14H2,(H,31,34)(H,32,35). The molecule has 0 radical (unpaired) electrons. The lowest BCUT2D eigenvalue weighted by molar-refractivity contribution is -0.129.